The second kappa shape index (κ2) is 7.76. The maximum absolute atomic E-state index is 13.8. The van der Waals surface area contributed by atoms with E-state index in [0.29, 0.717) is 29.5 Å². The van der Waals surface area contributed by atoms with Gasteiger partial charge in [-0.05, 0) is 104 Å². The first-order chi connectivity index (χ1) is 14.1. The number of allylic oxidation sites excluding steroid dienone is 2. The number of carboxylic acids is 1. The van der Waals surface area contributed by atoms with Gasteiger partial charge < -0.3 is 10.2 Å². The Morgan fingerprint density at radius 3 is 2.47 bits per heavy atom. The van der Waals surface area contributed by atoms with E-state index in [-0.39, 0.29) is 35.2 Å². The lowest BCUT2D eigenvalue weighted by atomic mass is 9.43. The van der Waals surface area contributed by atoms with Crippen LogP contribution in [-0.4, -0.2) is 28.1 Å². The van der Waals surface area contributed by atoms with Crippen LogP contribution in [0.15, 0.2) is 11.6 Å². The third kappa shape index (κ3) is 3.20. The number of Topliss-reactive ketones (excluding diaryl/α,β-unsaturated/α-hetero) is 1. The van der Waals surface area contributed by atoms with E-state index in [4.69, 9.17) is 5.11 Å². The highest BCUT2D eigenvalue weighted by Crippen LogP contribution is 2.68. The smallest absolute Gasteiger partial charge is 0.303 e. The molecule has 2 N–H and O–H groups in total. The molecule has 168 valence electrons. The van der Waals surface area contributed by atoms with E-state index in [0.717, 1.165) is 56.9 Å². The summed E-state index contributed by atoms with van der Waals surface area (Å²) < 4.78 is 0. The first-order valence-electron chi connectivity index (χ1n) is 12.2. The molecule has 0 saturated heterocycles. The van der Waals surface area contributed by atoms with Crippen molar-refractivity contribution in [2.45, 2.75) is 91.6 Å². The lowest BCUT2D eigenvalue weighted by molar-refractivity contribution is -0.150. The molecule has 4 aliphatic carbocycles. The monoisotopic (exact) mass is 416 g/mol. The van der Waals surface area contributed by atoms with Gasteiger partial charge in [0, 0.05) is 12.3 Å². The third-order valence-corrected chi connectivity index (χ3v) is 10.3. The van der Waals surface area contributed by atoms with Gasteiger partial charge in [-0.3, -0.25) is 9.59 Å². The number of aliphatic hydroxyl groups excluding tert-OH is 1. The van der Waals surface area contributed by atoms with Crippen LogP contribution in [0, 0.1) is 46.3 Å². The van der Waals surface area contributed by atoms with Crippen LogP contribution in [0.25, 0.3) is 0 Å². The summed E-state index contributed by atoms with van der Waals surface area (Å²) in [6, 6.07) is 0. The Labute approximate surface area is 181 Å². The summed E-state index contributed by atoms with van der Waals surface area (Å²) in [6.07, 6.45) is 9.86. The van der Waals surface area contributed by atoms with E-state index in [1.54, 1.807) is 0 Å². The summed E-state index contributed by atoms with van der Waals surface area (Å²) in [7, 11) is 0. The molecule has 4 aliphatic rings. The predicted molar refractivity (Wildman–Crippen MR) is 117 cm³/mol. The first-order valence-corrected chi connectivity index (χ1v) is 12.2. The Balaban J connectivity index is 1.64. The number of fused-ring (bicyclic) bond motifs is 5. The molecule has 4 fully saturated rings. The number of aliphatic hydroxyl groups is 1. The molecule has 4 heteroatoms. The molecule has 4 nitrogen and oxygen atoms in total. The third-order valence-electron chi connectivity index (χ3n) is 10.3. The minimum Gasteiger partial charge on any atom is -0.481 e. The molecule has 0 unspecified atom stereocenters. The molecule has 0 radical (unpaired) electrons. The van der Waals surface area contributed by atoms with E-state index < -0.39 is 5.97 Å². The Bertz CT molecular complexity index is 741. The number of rotatable bonds is 4. The summed E-state index contributed by atoms with van der Waals surface area (Å²) in [5.41, 5.74) is 1.25. The highest BCUT2D eigenvalue weighted by molar-refractivity contribution is 5.99. The van der Waals surface area contributed by atoms with Crippen molar-refractivity contribution in [2.24, 2.45) is 46.3 Å². The molecule has 0 aromatic rings. The van der Waals surface area contributed by atoms with Crippen molar-refractivity contribution < 1.29 is 19.8 Å². The Morgan fingerprint density at radius 2 is 1.80 bits per heavy atom. The van der Waals surface area contributed by atoms with Crippen LogP contribution in [0.4, 0.5) is 0 Å². The van der Waals surface area contributed by atoms with Crippen LogP contribution in [-0.2, 0) is 9.59 Å². The average Bonchev–Trinajstić information content (AvgIpc) is 3.05. The van der Waals surface area contributed by atoms with Gasteiger partial charge in [-0.25, -0.2) is 0 Å². The molecule has 0 amide bonds. The summed E-state index contributed by atoms with van der Waals surface area (Å²) in [5.74, 6) is 1.74. The molecule has 4 saturated carbocycles. The van der Waals surface area contributed by atoms with E-state index in [1.807, 2.05) is 13.0 Å². The highest BCUT2D eigenvalue weighted by Gasteiger charge is 2.64. The van der Waals surface area contributed by atoms with Gasteiger partial charge in [0.15, 0.2) is 5.78 Å². The van der Waals surface area contributed by atoms with Gasteiger partial charge in [-0.15, -0.1) is 0 Å². The van der Waals surface area contributed by atoms with Crippen LogP contribution in [0.5, 0.6) is 0 Å². The number of aliphatic carboxylic acids is 1. The van der Waals surface area contributed by atoms with Crippen LogP contribution in [0.1, 0.15) is 85.5 Å². The molecule has 0 aromatic heterocycles. The summed E-state index contributed by atoms with van der Waals surface area (Å²) in [5, 5.41) is 19.5. The van der Waals surface area contributed by atoms with Crippen molar-refractivity contribution in [3.05, 3.63) is 11.6 Å². The van der Waals surface area contributed by atoms with Crippen molar-refractivity contribution in [3.8, 4) is 0 Å². The van der Waals surface area contributed by atoms with Gasteiger partial charge in [-0.2, -0.15) is 0 Å². The lowest BCUT2D eigenvalue weighted by Crippen LogP contribution is -2.58. The van der Waals surface area contributed by atoms with Crippen molar-refractivity contribution >= 4 is 11.8 Å². The average molecular weight is 417 g/mol. The molecule has 30 heavy (non-hydrogen) atoms. The fraction of sp³-hybridized carbons (Fsp3) is 0.846. The number of carboxylic acid groups (broad SMARTS) is 1. The summed E-state index contributed by atoms with van der Waals surface area (Å²) in [6.45, 7) is 9.04. The zero-order chi connectivity index (χ0) is 21.8. The number of carbonyl (C=O) groups is 2. The van der Waals surface area contributed by atoms with Gasteiger partial charge >= 0.3 is 5.97 Å². The molecule has 4 rings (SSSR count). The number of ketones is 1. The lowest BCUT2D eigenvalue weighted by Gasteiger charge is -2.61. The SMILES string of the molecule is C/C=C1\C(=O)[C@H]2[C@@H](CC[C@]3(C)[C@@H]2CC[C@H]3[C@@H](C)CCC(=O)O)[C@]2(C)CC[C@H](O)C[C@H]12. The zero-order valence-electron chi connectivity index (χ0n) is 19.2. The zero-order valence-corrected chi connectivity index (χ0v) is 19.2. The maximum atomic E-state index is 13.8. The van der Waals surface area contributed by atoms with E-state index in [9.17, 15) is 14.7 Å². The number of hydrogen-bond acceptors (Lipinski definition) is 3. The Hall–Kier alpha value is -1.16. The Kier molecular flexibility index (Phi) is 5.70. The predicted octanol–water partition coefficient (Wildman–Crippen LogP) is 5.24. The van der Waals surface area contributed by atoms with Crippen molar-refractivity contribution in [1.29, 1.82) is 0 Å². The van der Waals surface area contributed by atoms with Gasteiger partial charge in [0.25, 0.3) is 0 Å². The van der Waals surface area contributed by atoms with E-state index in [1.165, 1.54) is 0 Å². The topological polar surface area (TPSA) is 74.6 Å². The van der Waals surface area contributed by atoms with Gasteiger partial charge in [-0.1, -0.05) is 26.8 Å². The van der Waals surface area contributed by atoms with Gasteiger partial charge in [0.05, 0.1) is 6.10 Å². The Morgan fingerprint density at radius 1 is 1.13 bits per heavy atom. The molecule has 0 spiro atoms. The van der Waals surface area contributed by atoms with Crippen LogP contribution >= 0.6 is 0 Å². The number of carbonyl (C=O) groups excluding carboxylic acids is 1. The fourth-order valence-corrected chi connectivity index (χ4v) is 8.72. The second-order valence-corrected chi connectivity index (χ2v) is 11.5. The van der Waals surface area contributed by atoms with Crippen molar-refractivity contribution in [3.63, 3.8) is 0 Å². The molecule has 0 aliphatic heterocycles. The molecular weight excluding hydrogens is 376 g/mol. The van der Waals surface area contributed by atoms with Gasteiger partial charge in [0.1, 0.15) is 0 Å². The highest BCUT2D eigenvalue weighted by atomic mass is 16.4. The minimum absolute atomic E-state index is 0.114. The molecule has 0 aromatic carbocycles. The van der Waals surface area contributed by atoms with Crippen LogP contribution in [0.3, 0.4) is 0 Å². The van der Waals surface area contributed by atoms with Crippen molar-refractivity contribution in [1.82, 2.24) is 0 Å². The quantitative estimate of drug-likeness (QED) is 0.614. The largest absolute Gasteiger partial charge is 0.481 e. The molecule has 0 bridgehead atoms. The standard InChI is InChI=1S/C26H40O4/c1-5-17-21-14-16(27)10-12-26(21,4)20-11-13-25(3)18(15(2)6-9-22(28)29)7-8-19(25)23(20)24(17)30/h5,15-16,18-21,23,27H,6-14H2,1-4H3,(H,28,29)/b17-5-/t15-,16-,18-,19+,20+,21+,23+,25-,26-/m0/s1. The van der Waals surface area contributed by atoms with Crippen molar-refractivity contribution in [2.75, 3.05) is 0 Å². The fourth-order valence-electron chi connectivity index (χ4n) is 8.72. The normalized spacial score (nSPS) is 48.0. The van der Waals surface area contributed by atoms with E-state index in [2.05, 4.69) is 20.8 Å². The maximum Gasteiger partial charge on any atom is 0.303 e. The van der Waals surface area contributed by atoms with Crippen LogP contribution < -0.4 is 0 Å². The summed E-state index contributed by atoms with van der Waals surface area (Å²) >= 11 is 0. The molecule has 0 heterocycles. The molecule has 9 atom stereocenters. The number of hydrogen-bond donors (Lipinski definition) is 2. The van der Waals surface area contributed by atoms with Gasteiger partial charge in [0.2, 0.25) is 0 Å². The minimum atomic E-state index is -0.705. The van der Waals surface area contributed by atoms with E-state index >= 15 is 0 Å². The summed E-state index contributed by atoms with van der Waals surface area (Å²) in [4.78, 5) is 24.9. The van der Waals surface area contributed by atoms with Crippen LogP contribution in [0.2, 0.25) is 0 Å². The molecular formula is C26H40O4. The first kappa shape index (κ1) is 22.0. The second-order valence-electron chi connectivity index (χ2n) is 11.5.